The van der Waals surface area contributed by atoms with Crippen molar-refractivity contribution in [3.8, 4) is 12.1 Å². The maximum Gasteiger partial charge on any atom is 0.153 e. The molecule has 148 valence electrons. The fourth-order valence-electron chi connectivity index (χ4n) is 4.04. The Kier molecular flexibility index (Phi) is 4.73. The van der Waals surface area contributed by atoms with Gasteiger partial charge in [0, 0.05) is 22.7 Å². The highest BCUT2D eigenvalue weighted by Crippen LogP contribution is 2.39. The molecule has 4 N–H and O–H groups in total. The molecule has 30 heavy (non-hydrogen) atoms. The van der Waals surface area contributed by atoms with E-state index in [-0.39, 0.29) is 5.92 Å². The second-order valence-corrected chi connectivity index (χ2v) is 7.51. The van der Waals surface area contributed by atoms with Crippen molar-refractivity contribution in [2.75, 3.05) is 11.5 Å². The Morgan fingerprint density at radius 2 is 1.80 bits per heavy atom. The third-order valence-corrected chi connectivity index (χ3v) is 5.56. The molecule has 0 amide bonds. The summed E-state index contributed by atoms with van der Waals surface area (Å²) < 4.78 is 1.85. The predicted octanol–water partition coefficient (Wildman–Crippen LogP) is 3.74. The van der Waals surface area contributed by atoms with Crippen LogP contribution >= 0.6 is 0 Å². The number of fused-ring (bicyclic) bond motifs is 1. The molecule has 2 aromatic carbocycles. The lowest BCUT2D eigenvalue weighted by Gasteiger charge is -2.26. The zero-order valence-electron chi connectivity index (χ0n) is 16.8. The molecule has 0 radical (unpaired) electrons. The zero-order chi connectivity index (χ0) is 21.4. The molecule has 0 aliphatic carbocycles. The smallest absolute Gasteiger partial charge is 0.153 e. The molecule has 1 aliphatic heterocycles. The van der Waals surface area contributed by atoms with E-state index >= 15 is 0 Å². The van der Waals surface area contributed by atoms with Gasteiger partial charge in [0.2, 0.25) is 0 Å². The van der Waals surface area contributed by atoms with Crippen molar-refractivity contribution in [3.63, 3.8) is 0 Å². The molecule has 1 aromatic heterocycles. The first-order chi connectivity index (χ1) is 14.4. The number of nitrogens with zero attached hydrogens (tertiary/aromatic N) is 5. The Labute approximate surface area is 174 Å². The lowest BCUT2D eigenvalue weighted by molar-refractivity contribution is 0.703. The minimum atomic E-state index is -0.494. The molecule has 2 unspecified atom stereocenters. The van der Waals surface area contributed by atoms with Crippen molar-refractivity contribution in [1.82, 2.24) is 9.78 Å². The van der Waals surface area contributed by atoms with Crippen LogP contribution in [0.5, 0.6) is 0 Å². The average Bonchev–Trinajstić information content (AvgIpc) is 3.04. The number of nitrogen functional groups attached to an aromatic ring is 2. The Hall–Kier alpha value is -4.10. The van der Waals surface area contributed by atoms with Crippen molar-refractivity contribution in [2.45, 2.75) is 26.3 Å². The predicted molar refractivity (Wildman–Crippen MR) is 117 cm³/mol. The second kappa shape index (κ2) is 7.38. The average molecular weight is 395 g/mol. The highest BCUT2D eigenvalue weighted by Gasteiger charge is 2.34. The Morgan fingerprint density at radius 1 is 1.07 bits per heavy atom. The van der Waals surface area contributed by atoms with Crippen LogP contribution < -0.4 is 11.5 Å². The molecule has 2 heterocycles. The summed E-state index contributed by atoms with van der Waals surface area (Å²) in [4.78, 5) is 4.40. The number of hydrogen-bond acceptors (Lipinski definition) is 6. The molecule has 4 rings (SSSR count). The summed E-state index contributed by atoms with van der Waals surface area (Å²) in [7, 11) is 0. The number of anilines is 2. The minimum absolute atomic E-state index is 0.373. The highest BCUT2D eigenvalue weighted by molar-refractivity contribution is 5.92. The van der Waals surface area contributed by atoms with Crippen LogP contribution in [0.15, 0.2) is 58.7 Å². The number of aromatic nitrogens is 2. The molecule has 0 bridgehead atoms. The lowest BCUT2D eigenvalue weighted by Crippen LogP contribution is -2.24. The quantitative estimate of drug-likeness (QED) is 0.652. The molecule has 0 spiro atoms. The molecular weight excluding hydrogens is 374 g/mol. The zero-order valence-corrected chi connectivity index (χ0v) is 16.8. The highest BCUT2D eigenvalue weighted by atomic mass is 15.3. The fourth-order valence-corrected chi connectivity index (χ4v) is 4.04. The number of allylic oxidation sites excluding steroid dienone is 2. The van der Waals surface area contributed by atoms with Crippen LogP contribution in [0.3, 0.4) is 0 Å². The van der Waals surface area contributed by atoms with Crippen LogP contribution in [0, 0.1) is 28.6 Å². The first-order valence-electron chi connectivity index (χ1n) is 9.59. The van der Waals surface area contributed by atoms with Gasteiger partial charge >= 0.3 is 0 Å². The first kappa shape index (κ1) is 19.2. The molecule has 0 saturated heterocycles. The maximum absolute atomic E-state index is 9.74. The van der Waals surface area contributed by atoms with Crippen molar-refractivity contribution in [2.24, 2.45) is 10.9 Å². The van der Waals surface area contributed by atoms with Crippen LogP contribution in [-0.4, -0.2) is 15.5 Å². The van der Waals surface area contributed by atoms with Gasteiger partial charge in [0.05, 0.1) is 41.4 Å². The summed E-state index contributed by atoms with van der Waals surface area (Å²) >= 11 is 0. The number of rotatable bonds is 3. The van der Waals surface area contributed by atoms with E-state index in [9.17, 15) is 10.5 Å². The lowest BCUT2D eigenvalue weighted by atomic mass is 9.76. The van der Waals surface area contributed by atoms with Gasteiger partial charge in [-0.3, -0.25) is 9.67 Å². The minimum Gasteiger partial charge on any atom is -0.399 e. The van der Waals surface area contributed by atoms with E-state index in [1.807, 2.05) is 54.1 Å². The largest absolute Gasteiger partial charge is 0.399 e. The van der Waals surface area contributed by atoms with Crippen molar-refractivity contribution < 1.29 is 0 Å². The van der Waals surface area contributed by atoms with Crippen LogP contribution in [0.2, 0.25) is 0 Å². The number of aliphatic imine (C=N–C) groups is 1. The summed E-state index contributed by atoms with van der Waals surface area (Å²) in [5.41, 5.74) is 17.4. The molecule has 2 atom stereocenters. The molecule has 7 heteroatoms. The number of benzene rings is 2. The Bertz CT molecular complexity index is 1280. The van der Waals surface area contributed by atoms with Gasteiger partial charge in [0.1, 0.15) is 0 Å². The third kappa shape index (κ3) is 3.17. The summed E-state index contributed by atoms with van der Waals surface area (Å²) in [6.45, 7) is 4.20. The van der Waals surface area contributed by atoms with Crippen LogP contribution in [0.4, 0.5) is 11.5 Å². The monoisotopic (exact) mass is 395 g/mol. The van der Waals surface area contributed by atoms with Gasteiger partial charge < -0.3 is 11.5 Å². The van der Waals surface area contributed by atoms with Gasteiger partial charge in [-0.05, 0) is 49.2 Å². The van der Waals surface area contributed by atoms with E-state index in [1.165, 1.54) is 0 Å². The SMILES string of the molecule is CC1=NC(C)=C(C#N)C(c2ccc3c(c2)c(N)nn3Cc2ccc(N)cc2)C1C#N. The topological polar surface area (TPSA) is 130 Å². The van der Waals surface area contributed by atoms with Gasteiger partial charge in [0.25, 0.3) is 0 Å². The molecule has 0 fully saturated rings. The number of nitriles is 2. The van der Waals surface area contributed by atoms with Gasteiger partial charge in [-0.1, -0.05) is 18.2 Å². The Balaban J connectivity index is 1.78. The van der Waals surface area contributed by atoms with Crippen molar-refractivity contribution in [1.29, 1.82) is 10.5 Å². The Morgan fingerprint density at radius 3 is 2.47 bits per heavy atom. The van der Waals surface area contributed by atoms with Gasteiger partial charge in [-0.25, -0.2) is 0 Å². The van der Waals surface area contributed by atoms with Crippen LogP contribution in [0.1, 0.15) is 30.9 Å². The fraction of sp³-hybridized carbons (Fsp3) is 0.217. The van der Waals surface area contributed by atoms with E-state index in [1.54, 1.807) is 6.92 Å². The molecule has 3 aromatic rings. The van der Waals surface area contributed by atoms with E-state index in [4.69, 9.17) is 11.5 Å². The summed E-state index contributed by atoms with van der Waals surface area (Å²) in [5.74, 6) is -0.454. The molecular formula is C23H21N7. The summed E-state index contributed by atoms with van der Waals surface area (Å²) in [6, 6.07) is 18.0. The summed E-state index contributed by atoms with van der Waals surface area (Å²) in [5, 5.41) is 24.7. The molecule has 1 aliphatic rings. The summed E-state index contributed by atoms with van der Waals surface area (Å²) in [6.07, 6.45) is 0. The number of hydrogen-bond donors (Lipinski definition) is 2. The van der Waals surface area contributed by atoms with Crippen LogP contribution in [-0.2, 0) is 6.54 Å². The standard InChI is InChI=1S/C23H21N7/c1-13-19(10-24)22(20(11-25)14(2)28-13)16-5-8-21-18(9-16)23(27)29-30(21)12-15-3-6-17(26)7-4-15/h3-9,19,22H,12,26H2,1-2H3,(H2,27,29). The van der Waals surface area contributed by atoms with Gasteiger partial charge in [-0.2, -0.15) is 15.6 Å². The van der Waals surface area contributed by atoms with Crippen molar-refractivity contribution >= 4 is 28.1 Å². The normalized spacial score (nSPS) is 18.7. The third-order valence-electron chi connectivity index (χ3n) is 5.56. The van der Waals surface area contributed by atoms with Crippen molar-refractivity contribution in [3.05, 3.63) is 64.9 Å². The number of nitrogens with two attached hydrogens (primary N) is 2. The maximum atomic E-state index is 9.74. The van der Waals surface area contributed by atoms with Crippen LogP contribution in [0.25, 0.3) is 10.9 Å². The van der Waals surface area contributed by atoms with E-state index in [0.29, 0.717) is 35.0 Å². The van der Waals surface area contributed by atoms with E-state index < -0.39 is 5.92 Å². The van der Waals surface area contributed by atoms with E-state index in [0.717, 1.165) is 22.0 Å². The van der Waals surface area contributed by atoms with E-state index in [2.05, 4.69) is 22.2 Å². The van der Waals surface area contributed by atoms with Gasteiger partial charge in [-0.15, -0.1) is 0 Å². The van der Waals surface area contributed by atoms with Gasteiger partial charge in [0.15, 0.2) is 5.82 Å². The molecule has 7 nitrogen and oxygen atoms in total. The first-order valence-corrected chi connectivity index (χ1v) is 9.59. The second-order valence-electron chi connectivity index (χ2n) is 7.51. The molecule has 0 saturated carbocycles.